The van der Waals surface area contributed by atoms with Crippen molar-refractivity contribution in [3.63, 3.8) is 0 Å². The fourth-order valence-electron chi connectivity index (χ4n) is 2.16. The van der Waals surface area contributed by atoms with Crippen LogP contribution in [0.15, 0.2) is 9.42 Å². The Balaban J connectivity index is 0.00000162. The van der Waals surface area contributed by atoms with Gasteiger partial charge in [0.25, 0.3) is 0 Å². The molecular formula is C10H18ClN3O3S. The van der Waals surface area contributed by atoms with Crippen molar-refractivity contribution in [3.05, 3.63) is 11.5 Å². The Morgan fingerprint density at radius 3 is 2.61 bits per heavy atom. The Labute approximate surface area is 113 Å². The first kappa shape index (κ1) is 15.4. The third-order valence-electron chi connectivity index (χ3n) is 2.99. The van der Waals surface area contributed by atoms with Gasteiger partial charge in [-0.2, -0.15) is 4.31 Å². The van der Waals surface area contributed by atoms with E-state index in [1.165, 1.54) is 4.31 Å². The lowest BCUT2D eigenvalue weighted by Gasteiger charge is -2.29. The van der Waals surface area contributed by atoms with Crippen LogP contribution in [0.2, 0.25) is 0 Å². The molecule has 0 aromatic carbocycles. The van der Waals surface area contributed by atoms with E-state index in [2.05, 4.69) is 5.16 Å². The summed E-state index contributed by atoms with van der Waals surface area (Å²) in [5.74, 6) is 0.335. The molecule has 1 atom stereocenters. The summed E-state index contributed by atoms with van der Waals surface area (Å²) in [4.78, 5) is 0.187. The van der Waals surface area contributed by atoms with Crippen molar-refractivity contribution >= 4 is 22.4 Å². The van der Waals surface area contributed by atoms with E-state index >= 15 is 0 Å². The number of piperidine rings is 1. The molecule has 1 aliphatic heterocycles. The van der Waals surface area contributed by atoms with Gasteiger partial charge in [-0.1, -0.05) is 5.16 Å². The Kier molecular flexibility index (Phi) is 4.77. The van der Waals surface area contributed by atoms with Gasteiger partial charge in [-0.3, -0.25) is 0 Å². The topological polar surface area (TPSA) is 89.4 Å². The van der Waals surface area contributed by atoms with Crippen LogP contribution in [0.1, 0.15) is 24.3 Å². The molecule has 8 heteroatoms. The molecule has 0 saturated carbocycles. The fourth-order valence-corrected chi connectivity index (χ4v) is 3.99. The normalized spacial score (nSPS) is 21.6. The minimum atomic E-state index is -3.52. The van der Waals surface area contributed by atoms with Gasteiger partial charge in [0, 0.05) is 19.1 Å². The minimum Gasteiger partial charge on any atom is -0.360 e. The zero-order chi connectivity index (χ0) is 12.6. The third-order valence-corrected chi connectivity index (χ3v) is 5.10. The number of hydrogen-bond acceptors (Lipinski definition) is 5. The second kappa shape index (κ2) is 5.56. The molecule has 2 N–H and O–H groups in total. The summed E-state index contributed by atoms with van der Waals surface area (Å²) in [6.45, 7) is 4.12. The van der Waals surface area contributed by atoms with Crippen molar-refractivity contribution in [2.24, 2.45) is 5.73 Å². The monoisotopic (exact) mass is 295 g/mol. The summed E-state index contributed by atoms with van der Waals surface area (Å²) in [6, 6.07) is -0.0843. The molecule has 2 rings (SSSR count). The van der Waals surface area contributed by atoms with Crippen LogP contribution in [-0.4, -0.2) is 37.0 Å². The second-order valence-electron chi connectivity index (χ2n) is 4.42. The standard InChI is InChI=1S/C10H17N3O3S.ClH/c1-7-10(8(2)16-12-7)17(14,15)13-5-3-4-9(11)6-13;/h9H,3-6,11H2,1-2H3;1H/t9-;/m1./s1. The average Bonchev–Trinajstić information content (AvgIpc) is 2.59. The molecule has 0 aliphatic carbocycles. The molecule has 2 heterocycles. The average molecular weight is 296 g/mol. The van der Waals surface area contributed by atoms with Crippen molar-refractivity contribution in [3.8, 4) is 0 Å². The zero-order valence-electron chi connectivity index (χ0n) is 10.4. The number of aryl methyl sites for hydroxylation is 2. The van der Waals surface area contributed by atoms with Crippen LogP contribution in [0.3, 0.4) is 0 Å². The lowest BCUT2D eigenvalue weighted by molar-refractivity contribution is 0.315. The van der Waals surface area contributed by atoms with Gasteiger partial charge in [-0.15, -0.1) is 12.4 Å². The molecule has 0 amide bonds. The van der Waals surface area contributed by atoms with Gasteiger partial charge in [-0.25, -0.2) is 8.42 Å². The van der Waals surface area contributed by atoms with Crippen LogP contribution in [0, 0.1) is 13.8 Å². The van der Waals surface area contributed by atoms with E-state index < -0.39 is 10.0 Å². The van der Waals surface area contributed by atoms with Gasteiger partial charge in [0.05, 0.1) is 0 Å². The summed E-state index contributed by atoms with van der Waals surface area (Å²) in [6.07, 6.45) is 1.66. The van der Waals surface area contributed by atoms with E-state index in [9.17, 15) is 8.42 Å². The molecule has 6 nitrogen and oxygen atoms in total. The van der Waals surface area contributed by atoms with Crippen LogP contribution < -0.4 is 5.73 Å². The van der Waals surface area contributed by atoms with Crippen LogP contribution in [0.5, 0.6) is 0 Å². The van der Waals surface area contributed by atoms with E-state index in [1.54, 1.807) is 13.8 Å². The maximum absolute atomic E-state index is 12.4. The second-order valence-corrected chi connectivity index (χ2v) is 6.29. The first-order chi connectivity index (χ1) is 7.93. The highest BCUT2D eigenvalue weighted by Gasteiger charge is 2.33. The highest BCUT2D eigenvalue weighted by Crippen LogP contribution is 2.25. The summed E-state index contributed by atoms with van der Waals surface area (Å²) in [5, 5.41) is 3.68. The minimum absolute atomic E-state index is 0. The van der Waals surface area contributed by atoms with Gasteiger partial charge in [0.1, 0.15) is 10.6 Å². The van der Waals surface area contributed by atoms with Gasteiger partial charge in [-0.05, 0) is 26.7 Å². The fraction of sp³-hybridized carbons (Fsp3) is 0.700. The molecule has 1 aliphatic rings. The molecule has 104 valence electrons. The molecule has 0 radical (unpaired) electrons. The Morgan fingerprint density at radius 2 is 2.11 bits per heavy atom. The summed E-state index contributed by atoms with van der Waals surface area (Å²) in [5.41, 5.74) is 6.21. The molecule has 1 fully saturated rings. The van der Waals surface area contributed by atoms with E-state index in [4.69, 9.17) is 10.3 Å². The van der Waals surface area contributed by atoms with Crippen molar-refractivity contribution in [1.82, 2.24) is 9.46 Å². The predicted octanol–water partition coefficient (Wildman–Crippen LogP) is 0.825. The number of nitrogens with zero attached hydrogens (tertiary/aromatic N) is 2. The zero-order valence-corrected chi connectivity index (χ0v) is 12.1. The third kappa shape index (κ3) is 2.69. The Hall–Kier alpha value is -0.630. The summed E-state index contributed by atoms with van der Waals surface area (Å²) in [7, 11) is -3.52. The molecule has 1 saturated heterocycles. The Morgan fingerprint density at radius 1 is 1.44 bits per heavy atom. The molecule has 1 aromatic rings. The largest absolute Gasteiger partial charge is 0.360 e. The predicted molar refractivity (Wildman–Crippen MR) is 69.2 cm³/mol. The van der Waals surface area contributed by atoms with Gasteiger partial charge < -0.3 is 10.3 Å². The van der Waals surface area contributed by atoms with Crippen LogP contribution >= 0.6 is 12.4 Å². The van der Waals surface area contributed by atoms with Crippen LogP contribution in [0.25, 0.3) is 0 Å². The SMILES string of the molecule is Cc1noc(C)c1S(=O)(=O)N1CCC[C@@H](N)C1.Cl. The molecular weight excluding hydrogens is 278 g/mol. The summed E-state index contributed by atoms with van der Waals surface area (Å²) >= 11 is 0. The molecule has 0 bridgehead atoms. The number of hydrogen-bond donors (Lipinski definition) is 1. The molecule has 1 aromatic heterocycles. The maximum atomic E-state index is 12.4. The number of nitrogens with two attached hydrogens (primary N) is 1. The molecule has 0 unspecified atom stereocenters. The van der Waals surface area contributed by atoms with Gasteiger partial charge >= 0.3 is 0 Å². The van der Waals surface area contributed by atoms with E-state index in [0.717, 1.165) is 12.8 Å². The quantitative estimate of drug-likeness (QED) is 0.872. The van der Waals surface area contributed by atoms with Crippen molar-refractivity contribution < 1.29 is 12.9 Å². The first-order valence-electron chi connectivity index (χ1n) is 5.61. The number of sulfonamides is 1. The number of halogens is 1. The van der Waals surface area contributed by atoms with Crippen LogP contribution in [0.4, 0.5) is 0 Å². The lowest BCUT2D eigenvalue weighted by Crippen LogP contribution is -2.45. The maximum Gasteiger partial charge on any atom is 0.248 e. The van der Waals surface area contributed by atoms with Gasteiger partial charge in [0.15, 0.2) is 5.76 Å². The highest BCUT2D eigenvalue weighted by atomic mass is 35.5. The lowest BCUT2D eigenvalue weighted by atomic mass is 10.1. The smallest absolute Gasteiger partial charge is 0.248 e. The molecule has 18 heavy (non-hydrogen) atoms. The summed E-state index contributed by atoms with van der Waals surface area (Å²) < 4.78 is 31.1. The van der Waals surface area contributed by atoms with Crippen LogP contribution in [-0.2, 0) is 10.0 Å². The van der Waals surface area contributed by atoms with Crippen molar-refractivity contribution in [1.29, 1.82) is 0 Å². The number of rotatable bonds is 2. The van der Waals surface area contributed by atoms with E-state index in [0.29, 0.717) is 24.5 Å². The van der Waals surface area contributed by atoms with Crippen molar-refractivity contribution in [2.75, 3.05) is 13.1 Å². The van der Waals surface area contributed by atoms with Gasteiger partial charge in [0.2, 0.25) is 10.0 Å². The molecule has 0 spiro atoms. The number of aromatic nitrogens is 1. The first-order valence-corrected chi connectivity index (χ1v) is 7.05. The van der Waals surface area contributed by atoms with E-state index in [-0.39, 0.29) is 23.3 Å². The highest BCUT2D eigenvalue weighted by molar-refractivity contribution is 7.89. The Bertz CT molecular complexity index is 495. The van der Waals surface area contributed by atoms with Crippen molar-refractivity contribution in [2.45, 2.75) is 37.6 Å². The van der Waals surface area contributed by atoms with E-state index in [1.807, 2.05) is 0 Å².